The van der Waals surface area contributed by atoms with Gasteiger partial charge in [-0.1, -0.05) is 81.4 Å². The fourth-order valence-corrected chi connectivity index (χ4v) is 10.4. The minimum atomic E-state index is -2.85. The Bertz CT molecular complexity index is 1090. The fraction of sp³-hybridized carbons (Fsp3) is 0.517. The second-order valence-electron chi connectivity index (χ2n) is 11.3. The lowest BCUT2D eigenvalue weighted by Gasteiger charge is -2.44. The van der Waals surface area contributed by atoms with Gasteiger partial charge in [-0.3, -0.25) is 4.79 Å². The van der Waals surface area contributed by atoms with Crippen LogP contribution in [0.15, 0.2) is 60.7 Å². The second-order valence-corrected chi connectivity index (χ2v) is 15.7. The van der Waals surface area contributed by atoms with E-state index in [1.165, 1.54) is 7.11 Å². The van der Waals surface area contributed by atoms with Gasteiger partial charge in [-0.25, -0.2) is 0 Å². The molecule has 2 saturated heterocycles. The van der Waals surface area contributed by atoms with Crippen LogP contribution in [0.4, 0.5) is 0 Å². The quantitative estimate of drug-likeness (QED) is 0.386. The fourth-order valence-electron chi connectivity index (χ4n) is 5.76. The number of carbonyl (C=O) groups is 1. The molecule has 8 heteroatoms. The van der Waals surface area contributed by atoms with E-state index in [0.717, 1.165) is 10.4 Å². The third-order valence-corrected chi connectivity index (χ3v) is 12.3. The van der Waals surface area contributed by atoms with Crippen molar-refractivity contribution >= 4 is 24.7 Å². The first-order valence-corrected chi connectivity index (χ1v) is 14.6. The molecule has 2 heterocycles. The zero-order valence-corrected chi connectivity index (χ0v) is 23.5. The highest BCUT2D eigenvalue weighted by Gasteiger charge is 2.64. The zero-order valence-electron chi connectivity index (χ0n) is 22.5. The van der Waals surface area contributed by atoms with Gasteiger partial charge in [0.25, 0.3) is 8.32 Å². The molecule has 1 unspecified atom stereocenters. The number of rotatable bonds is 8. The lowest BCUT2D eigenvalue weighted by molar-refractivity contribution is -0.196. The van der Waals surface area contributed by atoms with E-state index in [0.29, 0.717) is 0 Å². The molecule has 0 N–H and O–H groups in total. The number of ether oxygens (including phenoxy) is 4. The molecule has 7 nitrogen and oxygen atoms in total. The largest absolute Gasteiger partial charge is 0.469 e. The molecule has 2 aliphatic rings. The second kappa shape index (κ2) is 10.3. The van der Waals surface area contributed by atoms with Crippen LogP contribution in [0.25, 0.3) is 0 Å². The molecule has 0 radical (unpaired) electrons. The van der Waals surface area contributed by atoms with Crippen LogP contribution in [0.5, 0.6) is 0 Å². The van der Waals surface area contributed by atoms with Crippen molar-refractivity contribution in [2.24, 2.45) is 5.92 Å². The predicted octanol–water partition coefficient (Wildman–Crippen LogP) is 3.55. The van der Waals surface area contributed by atoms with Crippen molar-refractivity contribution in [3.8, 4) is 6.07 Å². The normalized spacial score (nSPS) is 25.8. The Hall–Kier alpha value is -2.54. The first-order valence-electron chi connectivity index (χ1n) is 12.7. The molecule has 198 valence electrons. The minimum absolute atomic E-state index is 0.0798. The summed E-state index contributed by atoms with van der Waals surface area (Å²) in [4.78, 5) is 12.0. The van der Waals surface area contributed by atoms with E-state index in [1.807, 2.05) is 50.2 Å². The van der Waals surface area contributed by atoms with Crippen molar-refractivity contribution in [2.45, 2.75) is 69.7 Å². The van der Waals surface area contributed by atoms with E-state index in [9.17, 15) is 10.1 Å². The topological polar surface area (TPSA) is 87.0 Å². The third kappa shape index (κ3) is 5.11. The molecule has 0 bridgehead atoms. The van der Waals surface area contributed by atoms with Gasteiger partial charge in [0.2, 0.25) is 0 Å². The van der Waals surface area contributed by atoms with Crippen molar-refractivity contribution in [3.63, 3.8) is 0 Å². The number of carbonyl (C=O) groups excluding carboxylic acids is 1. The Labute approximate surface area is 220 Å². The van der Waals surface area contributed by atoms with Gasteiger partial charge in [0.1, 0.15) is 17.8 Å². The molecule has 2 aliphatic heterocycles. The number of nitrogens with zero attached hydrogens (tertiary/aromatic N) is 1. The Morgan fingerprint density at radius 1 is 1.11 bits per heavy atom. The first kappa shape index (κ1) is 27.5. The van der Waals surface area contributed by atoms with E-state index < -0.39 is 43.8 Å². The highest BCUT2D eigenvalue weighted by molar-refractivity contribution is 6.99. The third-order valence-electron chi connectivity index (χ3n) is 7.32. The maximum absolute atomic E-state index is 12.0. The van der Waals surface area contributed by atoms with E-state index in [4.69, 9.17) is 23.4 Å². The lowest BCUT2D eigenvalue weighted by atomic mass is 9.89. The summed E-state index contributed by atoms with van der Waals surface area (Å²) in [6, 6.07) is 23.0. The Kier molecular flexibility index (Phi) is 7.66. The molecule has 0 saturated carbocycles. The molecule has 2 aromatic rings. The van der Waals surface area contributed by atoms with Gasteiger partial charge in [0.05, 0.1) is 38.7 Å². The summed E-state index contributed by atoms with van der Waals surface area (Å²) in [5, 5.41) is 12.0. The van der Waals surface area contributed by atoms with Crippen LogP contribution < -0.4 is 10.4 Å². The van der Waals surface area contributed by atoms with Gasteiger partial charge in [-0.15, -0.1) is 0 Å². The molecule has 4 rings (SSSR count). The standard InChI is InChI=1S/C29H37NO6Si/c1-27(2,3)37(22-13-9-7-10-14-22,23-15-11-8-12-16-23)34-20-29-19-33-25(21(18-30)17-24(31)32-6)26(29)35-28(4,5)36-29/h7-16,21,25-26H,17,19-20H2,1-6H3/t21?,25-,26-,29-/m0/s1. The van der Waals surface area contributed by atoms with Gasteiger partial charge in [0.15, 0.2) is 5.79 Å². The predicted molar refractivity (Wildman–Crippen MR) is 142 cm³/mol. The highest BCUT2D eigenvalue weighted by Crippen LogP contribution is 2.47. The number of esters is 1. The maximum atomic E-state index is 12.0. The molecule has 0 spiro atoms. The molecule has 4 atom stereocenters. The van der Waals surface area contributed by atoms with Crippen LogP contribution >= 0.6 is 0 Å². The average molecular weight is 524 g/mol. The number of hydrogen-bond acceptors (Lipinski definition) is 7. The summed E-state index contributed by atoms with van der Waals surface area (Å²) in [5.74, 6) is -2.09. The van der Waals surface area contributed by atoms with E-state index in [-0.39, 0.29) is 24.7 Å². The van der Waals surface area contributed by atoms with Crippen molar-refractivity contribution in [1.82, 2.24) is 0 Å². The molecule has 0 aliphatic carbocycles. The van der Waals surface area contributed by atoms with Gasteiger partial charge < -0.3 is 23.4 Å². The van der Waals surface area contributed by atoms with Gasteiger partial charge in [-0.2, -0.15) is 5.26 Å². The van der Waals surface area contributed by atoms with E-state index in [1.54, 1.807) is 0 Å². The molecule has 0 amide bonds. The first-order chi connectivity index (χ1) is 17.5. The van der Waals surface area contributed by atoms with Crippen LogP contribution in [0.3, 0.4) is 0 Å². The number of methoxy groups -OCH3 is 1. The lowest BCUT2D eigenvalue weighted by Crippen LogP contribution is -2.68. The summed E-state index contributed by atoms with van der Waals surface area (Å²) >= 11 is 0. The van der Waals surface area contributed by atoms with E-state index in [2.05, 4.69) is 51.1 Å². The zero-order chi connectivity index (χ0) is 26.9. The maximum Gasteiger partial charge on any atom is 0.306 e. The Morgan fingerprint density at radius 2 is 1.68 bits per heavy atom. The molecule has 37 heavy (non-hydrogen) atoms. The number of fused-ring (bicyclic) bond motifs is 1. The molecular formula is C29H37NO6Si. The minimum Gasteiger partial charge on any atom is -0.469 e. The molecule has 2 fully saturated rings. The highest BCUT2D eigenvalue weighted by atomic mass is 28.4. The molecular weight excluding hydrogens is 486 g/mol. The van der Waals surface area contributed by atoms with Crippen molar-refractivity contribution in [2.75, 3.05) is 20.3 Å². The summed E-state index contributed by atoms with van der Waals surface area (Å²) in [6.45, 7) is 10.8. The van der Waals surface area contributed by atoms with Crippen molar-refractivity contribution in [3.05, 3.63) is 60.7 Å². The molecule has 2 aromatic carbocycles. The van der Waals surface area contributed by atoms with Crippen LogP contribution in [-0.2, 0) is 28.2 Å². The van der Waals surface area contributed by atoms with Crippen molar-refractivity contribution < 1.29 is 28.2 Å². The Morgan fingerprint density at radius 3 is 2.16 bits per heavy atom. The van der Waals surface area contributed by atoms with Crippen molar-refractivity contribution in [1.29, 1.82) is 5.26 Å². The van der Waals surface area contributed by atoms with Gasteiger partial charge >= 0.3 is 5.97 Å². The van der Waals surface area contributed by atoms with Gasteiger partial charge in [0, 0.05) is 0 Å². The van der Waals surface area contributed by atoms with Crippen LogP contribution in [-0.4, -0.2) is 58.2 Å². The SMILES string of the molecule is COC(=O)CC(C#N)[C@@H]1OC[C@@]2(CO[Si](c3ccccc3)(c3ccccc3)C(C)(C)C)OC(C)(C)O[C@@H]12. The summed E-state index contributed by atoms with van der Waals surface area (Å²) < 4.78 is 31.0. The van der Waals surface area contributed by atoms with Crippen LogP contribution in [0.1, 0.15) is 41.0 Å². The van der Waals surface area contributed by atoms with E-state index >= 15 is 0 Å². The van der Waals surface area contributed by atoms with Crippen LogP contribution in [0, 0.1) is 17.2 Å². The summed E-state index contributed by atoms with van der Waals surface area (Å²) in [5.41, 5.74) is -0.924. The number of hydrogen-bond donors (Lipinski definition) is 0. The smallest absolute Gasteiger partial charge is 0.306 e. The monoisotopic (exact) mass is 523 g/mol. The molecule has 0 aromatic heterocycles. The Balaban J connectivity index is 1.73. The summed E-state index contributed by atoms with van der Waals surface area (Å²) in [6.07, 6.45) is -1.30. The summed E-state index contributed by atoms with van der Waals surface area (Å²) in [7, 11) is -1.54. The number of nitriles is 1. The van der Waals surface area contributed by atoms with Crippen LogP contribution in [0.2, 0.25) is 5.04 Å². The average Bonchev–Trinajstić information content (AvgIpc) is 3.33. The number of benzene rings is 2. The van der Waals surface area contributed by atoms with Gasteiger partial charge in [-0.05, 0) is 29.3 Å².